The van der Waals surface area contributed by atoms with E-state index in [9.17, 15) is 0 Å². The van der Waals surface area contributed by atoms with Crippen LogP contribution in [0.1, 0.15) is 23.7 Å². The van der Waals surface area contributed by atoms with Gasteiger partial charge < -0.3 is 5.32 Å². The van der Waals surface area contributed by atoms with E-state index in [0.29, 0.717) is 10.0 Å². The summed E-state index contributed by atoms with van der Waals surface area (Å²) in [5.74, 6) is 0. The molecule has 0 amide bonds. The minimum atomic E-state index is 0.107. The second kappa shape index (κ2) is 5.25. The number of hydrogen-bond donors (Lipinski definition) is 1. The van der Waals surface area contributed by atoms with Crippen LogP contribution in [0.5, 0.6) is 0 Å². The maximum absolute atomic E-state index is 6.12. The molecule has 90 valence electrons. The molecule has 1 atom stereocenters. The molecule has 5 heteroatoms. The van der Waals surface area contributed by atoms with E-state index >= 15 is 0 Å². The first kappa shape index (κ1) is 12.7. The summed E-state index contributed by atoms with van der Waals surface area (Å²) in [6.07, 6.45) is 0. The van der Waals surface area contributed by atoms with E-state index in [1.165, 1.54) is 0 Å². The maximum atomic E-state index is 6.12. The molecule has 1 unspecified atom stereocenters. The summed E-state index contributed by atoms with van der Waals surface area (Å²) >= 11 is 13.7. The molecule has 17 heavy (non-hydrogen) atoms. The van der Waals surface area contributed by atoms with Crippen molar-refractivity contribution in [2.75, 3.05) is 5.32 Å². The van der Waals surface area contributed by atoms with Gasteiger partial charge in [0.15, 0.2) is 0 Å². The summed E-state index contributed by atoms with van der Waals surface area (Å²) in [6, 6.07) is 5.66. The Morgan fingerprint density at radius 2 is 2.12 bits per heavy atom. The lowest BCUT2D eigenvalue weighted by Crippen LogP contribution is -2.07. The van der Waals surface area contributed by atoms with Crippen molar-refractivity contribution in [3.63, 3.8) is 0 Å². The lowest BCUT2D eigenvalue weighted by atomic mass is 10.2. The van der Waals surface area contributed by atoms with Crippen molar-refractivity contribution in [3.05, 3.63) is 44.3 Å². The molecule has 0 saturated carbocycles. The van der Waals surface area contributed by atoms with Crippen molar-refractivity contribution >= 4 is 40.2 Å². The fourth-order valence-corrected chi connectivity index (χ4v) is 2.56. The van der Waals surface area contributed by atoms with Crippen LogP contribution < -0.4 is 5.32 Å². The number of hydrogen-bond acceptors (Lipinski definition) is 3. The van der Waals surface area contributed by atoms with Crippen LogP contribution in [0.3, 0.4) is 0 Å². The number of nitrogens with one attached hydrogen (secondary N) is 1. The standard InChI is InChI=1S/C12H12Cl2N2S/c1-7(11-6-17-8(2)16-11)15-10-5-3-4-9(13)12(10)14/h3-7,15H,1-2H3. The summed E-state index contributed by atoms with van der Waals surface area (Å²) in [4.78, 5) is 4.44. The Kier molecular flexibility index (Phi) is 3.92. The molecule has 2 rings (SSSR count). The zero-order chi connectivity index (χ0) is 12.4. The van der Waals surface area contributed by atoms with E-state index in [2.05, 4.69) is 10.3 Å². The van der Waals surface area contributed by atoms with Crippen molar-refractivity contribution in [1.29, 1.82) is 0 Å². The molecule has 0 aliphatic heterocycles. The van der Waals surface area contributed by atoms with E-state index in [-0.39, 0.29) is 6.04 Å². The molecule has 1 N–H and O–H groups in total. The molecule has 0 aliphatic rings. The smallest absolute Gasteiger partial charge is 0.0898 e. The lowest BCUT2D eigenvalue weighted by Gasteiger charge is -2.14. The number of thiazole rings is 1. The monoisotopic (exact) mass is 286 g/mol. The summed E-state index contributed by atoms with van der Waals surface area (Å²) < 4.78 is 0. The van der Waals surface area contributed by atoms with Crippen molar-refractivity contribution in [2.24, 2.45) is 0 Å². The largest absolute Gasteiger partial charge is 0.376 e. The highest BCUT2D eigenvalue weighted by molar-refractivity contribution is 7.09. The summed E-state index contributed by atoms with van der Waals surface area (Å²) in [5, 5.41) is 7.52. The second-order valence-electron chi connectivity index (χ2n) is 3.76. The topological polar surface area (TPSA) is 24.9 Å². The molecule has 2 nitrogen and oxygen atoms in total. The molecule has 0 fully saturated rings. The average molecular weight is 287 g/mol. The summed E-state index contributed by atoms with van der Waals surface area (Å²) in [6.45, 7) is 4.04. The van der Waals surface area contributed by atoms with Gasteiger partial charge in [-0.1, -0.05) is 29.3 Å². The minimum absolute atomic E-state index is 0.107. The third kappa shape index (κ3) is 2.92. The second-order valence-corrected chi connectivity index (χ2v) is 5.61. The van der Waals surface area contributed by atoms with E-state index in [4.69, 9.17) is 23.2 Å². The third-order valence-electron chi connectivity index (χ3n) is 2.40. The highest BCUT2D eigenvalue weighted by atomic mass is 35.5. The normalized spacial score (nSPS) is 12.5. The number of anilines is 1. The van der Waals surface area contributed by atoms with Gasteiger partial charge in [-0.3, -0.25) is 0 Å². The number of aryl methyl sites for hydroxylation is 1. The predicted octanol–water partition coefficient (Wildman–Crippen LogP) is 4.93. The van der Waals surface area contributed by atoms with Crippen molar-refractivity contribution in [3.8, 4) is 0 Å². The van der Waals surface area contributed by atoms with Crippen LogP contribution in [-0.2, 0) is 0 Å². The molecule has 0 bridgehead atoms. The zero-order valence-electron chi connectivity index (χ0n) is 9.50. The van der Waals surface area contributed by atoms with Crippen LogP contribution in [0.15, 0.2) is 23.6 Å². The fraction of sp³-hybridized carbons (Fsp3) is 0.250. The summed E-state index contributed by atoms with van der Waals surface area (Å²) in [7, 11) is 0. The first-order valence-electron chi connectivity index (χ1n) is 5.20. The van der Waals surface area contributed by atoms with Crippen LogP contribution in [0.4, 0.5) is 5.69 Å². The van der Waals surface area contributed by atoms with Crippen LogP contribution in [0.2, 0.25) is 10.0 Å². The van der Waals surface area contributed by atoms with E-state index < -0.39 is 0 Å². The Hall–Kier alpha value is -0.770. The van der Waals surface area contributed by atoms with Crippen LogP contribution in [-0.4, -0.2) is 4.98 Å². The highest BCUT2D eigenvalue weighted by Gasteiger charge is 2.11. The highest BCUT2D eigenvalue weighted by Crippen LogP contribution is 2.32. The number of rotatable bonds is 3. The quantitative estimate of drug-likeness (QED) is 0.865. The molecular weight excluding hydrogens is 275 g/mol. The van der Waals surface area contributed by atoms with Gasteiger partial charge in [-0.15, -0.1) is 11.3 Å². The maximum Gasteiger partial charge on any atom is 0.0898 e. The third-order valence-corrected chi connectivity index (χ3v) is 4.01. The Morgan fingerprint density at radius 1 is 1.35 bits per heavy atom. The zero-order valence-corrected chi connectivity index (χ0v) is 11.8. The van der Waals surface area contributed by atoms with Crippen LogP contribution in [0.25, 0.3) is 0 Å². The minimum Gasteiger partial charge on any atom is -0.376 e. The molecule has 0 saturated heterocycles. The van der Waals surface area contributed by atoms with E-state index in [1.54, 1.807) is 17.4 Å². The van der Waals surface area contributed by atoms with Gasteiger partial charge in [-0.05, 0) is 26.0 Å². The molecule has 1 aromatic heterocycles. The molecule has 2 aromatic rings. The average Bonchev–Trinajstić information content (AvgIpc) is 2.72. The number of halogens is 2. The Balaban J connectivity index is 2.18. The van der Waals surface area contributed by atoms with Gasteiger partial charge in [0.1, 0.15) is 0 Å². The molecule has 0 spiro atoms. The Bertz CT molecular complexity index is 525. The predicted molar refractivity (Wildman–Crippen MR) is 75.4 cm³/mol. The van der Waals surface area contributed by atoms with Crippen molar-refractivity contribution in [1.82, 2.24) is 4.98 Å². The molecule has 0 aliphatic carbocycles. The van der Waals surface area contributed by atoms with Crippen molar-refractivity contribution < 1.29 is 0 Å². The van der Waals surface area contributed by atoms with Gasteiger partial charge in [0, 0.05) is 5.38 Å². The molecule has 0 radical (unpaired) electrons. The first-order chi connectivity index (χ1) is 8.08. The van der Waals surface area contributed by atoms with Crippen LogP contribution in [0, 0.1) is 6.92 Å². The van der Waals surface area contributed by atoms with Gasteiger partial charge >= 0.3 is 0 Å². The van der Waals surface area contributed by atoms with Gasteiger partial charge in [0.2, 0.25) is 0 Å². The first-order valence-corrected chi connectivity index (χ1v) is 6.84. The number of aromatic nitrogens is 1. The SMILES string of the molecule is Cc1nc(C(C)Nc2cccc(Cl)c2Cl)cs1. The molecular formula is C12H12Cl2N2S. The van der Waals surface area contributed by atoms with Gasteiger partial charge in [0.05, 0.1) is 32.5 Å². The van der Waals surface area contributed by atoms with Gasteiger partial charge in [0.25, 0.3) is 0 Å². The fourth-order valence-electron chi connectivity index (χ4n) is 1.50. The van der Waals surface area contributed by atoms with Gasteiger partial charge in [-0.25, -0.2) is 4.98 Å². The lowest BCUT2D eigenvalue weighted by molar-refractivity contribution is 0.845. The Morgan fingerprint density at radius 3 is 2.76 bits per heavy atom. The van der Waals surface area contributed by atoms with E-state index in [1.807, 2.05) is 31.4 Å². The molecule has 1 aromatic carbocycles. The Labute approximate surface area is 115 Å². The van der Waals surface area contributed by atoms with Crippen molar-refractivity contribution in [2.45, 2.75) is 19.9 Å². The molecule has 1 heterocycles. The number of benzene rings is 1. The summed E-state index contributed by atoms with van der Waals surface area (Å²) in [5.41, 5.74) is 1.85. The van der Waals surface area contributed by atoms with E-state index in [0.717, 1.165) is 16.4 Å². The number of nitrogens with zero attached hydrogens (tertiary/aromatic N) is 1. The van der Waals surface area contributed by atoms with Crippen LogP contribution >= 0.6 is 34.5 Å². The van der Waals surface area contributed by atoms with Gasteiger partial charge in [-0.2, -0.15) is 0 Å².